The maximum absolute atomic E-state index is 12.5. The molecule has 0 aromatic carbocycles. The van der Waals surface area contributed by atoms with Crippen molar-refractivity contribution in [1.29, 1.82) is 0 Å². The normalized spacial score (nSPS) is 12.8. The lowest BCUT2D eigenvalue weighted by atomic mass is 10.1. The number of hydrogen-bond donors (Lipinski definition) is 6. The first-order valence-electron chi connectivity index (χ1n) is 11.1. The number of carboxylic acid groups (broad SMARTS) is 2. The van der Waals surface area contributed by atoms with Crippen molar-refractivity contribution in [3.8, 4) is 0 Å². The Morgan fingerprint density at radius 1 is 0.625 bits per heavy atom. The third-order valence-electron chi connectivity index (χ3n) is 5.05. The smallest absolute Gasteiger partial charge is 0.320 e. The fourth-order valence-electron chi connectivity index (χ4n) is 3.01. The molecule has 0 aliphatic rings. The van der Waals surface area contributed by atoms with Gasteiger partial charge in [-0.3, -0.25) is 19.2 Å². The van der Waals surface area contributed by atoms with Crippen molar-refractivity contribution in [3.63, 3.8) is 0 Å². The van der Waals surface area contributed by atoms with E-state index in [1.54, 1.807) is 9.80 Å². The zero-order valence-electron chi connectivity index (χ0n) is 18.8. The van der Waals surface area contributed by atoms with E-state index < -0.39 is 24.0 Å². The van der Waals surface area contributed by atoms with Gasteiger partial charge in [-0.05, 0) is 51.6 Å². The quantitative estimate of drug-likeness (QED) is 0.122. The van der Waals surface area contributed by atoms with Crippen LogP contribution in [0.15, 0.2) is 0 Å². The van der Waals surface area contributed by atoms with Crippen LogP contribution in [0.5, 0.6) is 0 Å². The summed E-state index contributed by atoms with van der Waals surface area (Å²) in [5, 5.41) is 17.7. The summed E-state index contributed by atoms with van der Waals surface area (Å²) in [6.07, 6.45) is 2.75. The second-order valence-electron chi connectivity index (χ2n) is 7.72. The number of nitrogens with zero attached hydrogens (tertiary/aromatic N) is 2. The van der Waals surface area contributed by atoms with Crippen molar-refractivity contribution < 1.29 is 29.4 Å². The van der Waals surface area contributed by atoms with Gasteiger partial charge in [0.1, 0.15) is 12.1 Å². The Bertz CT molecular complexity index is 541. The van der Waals surface area contributed by atoms with E-state index in [0.717, 1.165) is 0 Å². The number of carbonyl (C=O) groups excluding carboxylic acids is 2. The van der Waals surface area contributed by atoms with E-state index in [4.69, 9.17) is 33.1 Å². The second-order valence-corrected chi connectivity index (χ2v) is 7.72. The molecule has 12 nitrogen and oxygen atoms in total. The summed E-state index contributed by atoms with van der Waals surface area (Å²) in [6.45, 7) is 2.73. The van der Waals surface area contributed by atoms with Gasteiger partial charge in [0.25, 0.3) is 0 Å². The van der Waals surface area contributed by atoms with E-state index in [-0.39, 0.29) is 37.5 Å². The van der Waals surface area contributed by atoms with Crippen LogP contribution in [0.25, 0.3) is 0 Å². The number of carboxylic acids is 2. The molecule has 10 N–H and O–H groups in total. The minimum Gasteiger partial charge on any atom is -0.480 e. The van der Waals surface area contributed by atoms with Gasteiger partial charge < -0.3 is 42.9 Å². The van der Waals surface area contributed by atoms with E-state index >= 15 is 0 Å². The number of carbonyl (C=O) groups is 4. The van der Waals surface area contributed by atoms with E-state index in [2.05, 4.69) is 0 Å². The predicted molar refractivity (Wildman–Crippen MR) is 119 cm³/mol. The topological polar surface area (TPSA) is 219 Å². The fourth-order valence-corrected chi connectivity index (χ4v) is 3.01. The van der Waals surface area contributed by atoms with Crippen LogP contribution in [0.1, 0.15) is 51.4 Å². The van der Waals surface area contributed by atoms with Gasteiger partial charge >= 0.3 is 11.9 Å². The average molecular weight is 461 g/mol. The summed E-state index contributed by atoms with van der Waals surface area (Å²) < 4.78 is 0. The molecule has 0 spiro atoms. The van der Waals surface area contributed by atoms with Crippen LogP contribution in [0.4, 0.5) is 0 Å². The lowest BCUT2D eigenvalue weighted by Crippen LogP contribution is -2.38. The second kappa shape index (κ2) is 17.3. The first-order valence-corrected chi connectivity index (χ1v) is 11.1. The molecule has 2 atom stereocenters. The summed E-state index contributed by atoms with van der Waals surface area (Å²) in [5.74, 6) is -2.63. The third-order valence-corrected chi connectivity index (χ3v) is 5.05. The molecule has 0 saturated carbocycles. The minimum atomic E-state index is -1.14. The number of hydrogen-bond acceptors (Lipinski definition) is 8. The number of unbranched alkanes of at least 4 members (excludes halogenated alkanes) is 1. The van der Waals surface area contributed by atoms with Gasteiger partial charge in [0.2, 0.25) is 11.8 Å². The maximum Gasteiger partial charge on any atom is 0.320 e. The third kappa shape index (κ3) is 13.2. The minimum absolute atomic E-state index is 0.0446. The van der Waals surface area contributed by atoms with Crippen molar-refractivity contribution in [2.75, 3.05) is 39.3 Å². The highest BCUT2D eigenvalue weighted by molar-refractivity contribution is 5.79. The monoisotopic (exact) mass is 460 g/mol. The summed E-state index contributed by atoms with van der Waals surface area (Å²) in [4.78, 5) is 49.9. The molecule has 0 unspecified atom stereocenters. The first kappa shape index (κ1) is 29.7. The van der Waals surface area contributed by atoms with E-state index in [0.29, 0.717) is 65.0 Å². The summed E-state index contributed by atoms with van der Waals surface area (Å²) in [7, 11) is 0. The molecule has 0 aromatic heterocycles. The highest BCUT2D eigenvalue weighted by Crippen LogP contribution is 2.08. The van der Waals surface area contributed by atoms with Crippen LogP contribution in [0, 0.1) is 0 Å². The standard InChI is InChI=1S/C20H40N6O6/c21-9-3-13-25(17(27)7-5-15(23)19(29)30)11-1-2-12-26(14-4-10-22)18(28)8-6-16(24)20(31)32/h15-16H,1-14,21-24H2,(H,29,30)(H,31,32)/t15-,16-/m0/s1. The number of nitrogens with two attached hydrogens (primary N) is 4. The fraction of sp³-hybridized carbons (Fsp3) is 0.800. The summed E-state index contributed by atoms with van der Waals surface area (Å²) >= 11 is 0. The number of rotatable bonds is 19. The molecule has 0 aliphatic heterocycles. The first-order chi connectivity index (χ1) is 15.1. The lowest BCUT2D eigenvalue weighted by molar-refractivity contribution is -0.140. The van der Waals surface area contributed by atoms with Crippen molar-refractivity contribution in [3.05, 3.63) is 0 Å². The van der Waals surface area contributed by atoms with Gasteiger partial charge in [0.15, 0.2) is 0 Å². The van der Waals surface area contributed by atoms with Crippen LogP contribution in [-0.2, 0) is 19.2 Å². The van der Waals surface area contributed by atoms with Crippen molar-refractivity contribution in [1.82, 2.24) is 9.80 Å². The SMILES string of the molecule is NCCCN(CCCCN(CCCN)C(=O)CC[C@H](N)C(=O)O)C(=O)CC[C@H](N)C(=O)O. The molecule has 0 radical (unpaired) electrons. The van der Waals surface area contributed by atoms with Crippen LogP contribution in [0.2, 0.25) is 0 Å². The molecule has 0 fully saturated rings. The average Bonchev–Trinajstić information content (AvgIpc) is 2.76. The predicted octanol–water partition coefficient (Wildman–Crippen LogP) is -1.49. The Morgan fingerprint density at radius 3 is 1.22 bits per heavy atom. The molecule has 0 aliphatic carbocycles. The Labute approximate surface area is 189 Å². The number of amides is 2. The molecule has 32 heavy (non-hydrogen) atoms. The molecule has 2 amide bonds. The van der Waals surface area contributed by atoms with E-state index in [1.807, 2.05) is 0 Å². The maximum atomic E-state index is 12.5. The number of aliphatic carboxylic acids is 2. The van der Waals surface area contributed by atoms with Crippen LogP contribution < -0.4 is 22.9 Å². The molecular weight excluding hydrogens is 420 g/mol. The van der Waals surface area contributed by atoms with Gasteiger partial charge in [-0.25, -0.2) is 0 Å². The largest absolute Gasteiger partial charge is 0.480 e. The van der Waals surface area contributed by atoms with Crippen molar-refractivity contribution in [2.24, 2.45) is 22.9 Å². The molecule has 0 heterocycles. The van der Waals surface area contributed by atoms with E-state index in [1.165, 1.54) is 0 Å². The van der Waals surface area contributed by atoms with Gasteiger partial charge in [-0.1, -0.05) is 0 Å². The molecule has 186 valence electrons. The zero-order valence-corrected chi connectivity index (χ0v) is 18.8. The van der Waals surface area contributed by atoms with Crippen LogP contribution >= 0.6 is 0 Å². The van der Waals surface area contributed by atoms with E-state index in [9.17, 15) is 19.2 Å². The highest BCUT2D eigenvalue weighted by atomic mass is 16.4. The Morgan fingerprint density at radius 2 is 0.938 bits per heavy atom. The van der Waals surface area contributed by atoms with Gasteiger partial charge in [-0.2, -0.15) is 0 Å². The van der Waals surface area contributed by atoms with Gasteiger partial charge in [0, 0.05) is 39.0 Å². The van der Waals surface area contributed by atoms with Crippen LogP contribution in [0.3, 0.4) is 0 Å². The molecular formula is C20H40N6O6. The van der Waals surface area contributed by atoms with Gasteiger partial charge in [0.05, 0.1) is 0 Å². The lowest BCUT2D eigenvalue weighted by Gasteiger charge is -2.25. The Kier molecular flexibility index (Phi) is 16.1. The molecule has 0 aromatic rings. The van der Waals surface area contributed by atoms with Crippen molar-refractivity contribution >= 4 is 23.8 Å². The zero-order chi connectivity index (χ0) is 24.5. The summed E-state index contributed by atoms with van der Waals surface area (Å²) in [5.41, 5.74) is 22.0. The molecule has 12 heteroatoms. The Balaban J connectivity index is 4.65. The molecule has 0 bridgehead atoms. The Hall–Kier alpha value is -2.28. The molecule has 0 rings (SSSR count). The van der Waals surface area contributed by atoms with Crippen LogP contribution in [-0.4, -0.2) is 95.1 Å². The highest BCUT2D eigenvalue weighted by Gasteiger charge is 2.19. The summed E-state index contributed by atoms with van der Waals surface area (Å²) in [6, 6.07) is -2.15. The molecule has 0 saturated heterocycles. The van der Waals surface area contributed by atoms with Crippen molar-refractivity contribution in [2.45, 2.75) is 63.5 Å². The van der Waals surface area contributed by atoms with Gasteiger partial charge in [-0.15, -0.1) is 0 Å².